The molecule has 2 aromatic rings. The largest absolute Gasteiger partial charge is 0.368 e. The highest BCUT2D eigenvalue weighted by atomic mass is 16.2. The average molecular weight is 322 g/mol. The number of anilines is 2. The Bertz CT molecular complexity index is 774. The van der Waals surface area contributed by atoms with Gasteiger partial charge in [-0.1, -0.05) is 36.4 Å². The zero-order chi connectivity index (χ0) is 17.1. The van der Waals surface area contributed by atoms with Gasteiger partial charge in [-0.15, -0.1) is 0 Å². The van der Waals surface area contributed by atoms with Gasteiger partial charge in [0.15, 0.2) is 0 Å². The first-order valence-electron chi connectivity index (χ1n) is 7.62. The number of carbonyl (C=O) groups is 2. The third kappa shape index (κ3) is 2.99. The first kappa shape index (κ1) is 15.7. The summed E-state index contributed by atoms with van der Waals surface area (Å²) in [7, 11) is 1.69. The lowest BCUT2D eigenvalue weighted by Crippen LogP contribution is -2.40. The van der Waals surface area contributed by atoms with Crippen molar-refractivity contribution < 1.29 is 9.59 Å². The van der Waals surface area contributed by atoms with Crippen LogP contribution in [0.1, 0.15) is 6.42 Å². The van der Waals surface area contributed by atoms with E-state index < -0.39 is 11.9 Å². The summed E-state index contributed by atoms with van der Waals surface area (Å²) < 4.78 is 0. The molecule has 122 valence electrons. The number of primary amides is 1. The van der Waals surface area contributed by atoms with E-state index >= 15 is 0 Å². The number of nitrogens with two attached hydrogens (primary N) is 1. The van der Waals surface area contributed by atoms with Gasteiger partial charge < -0.3 is 10.6 Å². The first-order chi connectivity index (χ1) is 11.6. The molecule has 6 heteroatoms. The van der Waals surface area contributed by atoms with Crippen LogP contribution in [-0.2, 0) is 9.59 Å². The molecule has 2 aromatic carbocycles. The van der Waals surface area contributed by atoms with E-state index in [0.29, 0.717) is 5.71 Å². The van der Waals surface area contributed by atoms with Crippen molar-refractivity contribution in [1.82, 2.24) is 0 Å². The summed E-state index contributed by atoms with van der Waals surface area (Å²) in [6, 6.07) is 17.8. The standard InChI is InChI=1S/C18H18N4O2/c1-21(13-8-4-2-5-9-13)18(24)15-12-16(17(19)23)22(20-15)14-10-6-3-7-11-14/h2-11,16H,12H2,1H3,(H2,19,23). The Morgan fingerprint density at radius 3 is 2.25 bits per heavy atom. The van der Waals surface area contributed by atoms with E-state index in [9.17, 15) is 9.59 Å². The molecule has 3 rings (SSSR count). The Labute approximate surface area is 140 Å². The van der Waals surface area contributed by atoms with Gasteiger partial charge in [-0.05, 0) is 24.3 Å². The SMILES string of the molecule is CN(C(=O)C1=NN(c2ccccc2)C(C(N)=O)C1)c1ccccc1. The molecule has 24 heavy (non-hydrogen) atoms. The molecule has 0 aliphatic carbocycles. The highest BCUT2D eigenvalue weighted by Gasteiger charge is 2.36. The fourth-order valence-electron chi connectivity index (χ4n) is 2.64. The Kier molecular flexibility index (Phi) is 4.29. The van der Waals surface area contributed by atoms with Crippen LogP contribution in [0.3, 0.4) is 0 Å². The second kappa shape index (κ2) is 6.54. The lowest BCUT2D eigenvalue weighted by Gasteiger charge is -2.20. The van der Waals surface area contributed by atoms with E-state index in [0.717, 1.165) is 11.4 Å². The van der Waals surface area contributed by atoms with Crippen molar-refractivity contribution >= 4 is 28.9 Å². The molecule has 6 nitrogen and oxygen atoms in total. The molecule has 0 saturated carbocycles. The third-order valence-corrected chi connectivity index (χ3v) is 3.95. The predicted molar refractivity (Wildman–Crippen MR) is 93.8 cm³/mol. The van der Waals surface area contributed by atoms with Crippen molar-refractivity contribution in [2.45, 2.75) is 12.5 Å². The smallest absolute Gasteiger partial charge is 0.274 e. The van der Waals surface area contributed by atoms with Crippen LogP contribution in [-0.4, -0.2) is 30.6 Å². The van der Waals surface area contributed by atoms with Crippen LogP contribution in [0, 0.1) is 0 Å². The van der Waals surface area contributed by atoms with Crippen molar-refractivity contribution in [1.29, 1.82) is 0 Å². The summed E-state index contributed by atoms with van der Waals surface area (Å²) >= 11 is 0. The lowest BCUT2D eigenvalue weighted by atomic mass is 10.1. The molecule has 2 amide bonds. The number of benzene rings is 2. The maximum Gasteiger partial charge on any atom is 0.274 e. The van der Waals surface area contributed by atoms with Crippen molar-refractivity contribution in [2.75, 3.05) is 17.0 Å². The molecule has 1 unspecified atom stereocenters. The van der Waals surface area contributed by atoms with Crippen molar-refractivity contribution in [2.24, 2.45) is 10.8 Å². The lowest BCUT2D eigenvalue weighted by molar-refractivity contribution is -0.119. The number of hydrogen-bond acceptors (Lipinski definition) is 4. The minimum absolute atomic E-state index is 0.195. The molecule has 0 spiro atoms. The second-order valence-corrected chi connectivity index (χ2v) is 5.55. The number of hydrazone groups is 1. The van der Waals surface area contributed by atoms with Crippen LogP contribution >= 0.6 is 0 Å². The van der Waals surface area contributed by atoms with Gasteiger partial charge in [-0.2, -0.15) is 5.10 Å². The van der Waals surface area contributed by atoms with Crippen LogP contribution in [0.15, 0.2) is 65.8 Å². The molecule has 2 N–H and O–H groups in total. The summed E-state index contributed by atoms with van der Waals surface area (Å²) in [4.78, 5) is 26.0. The first-order valence-corrected chi connectivity index (χ1v) is 7.62. The summed E-state index contributed by atoms with van der Waals surface area (Å²) in [5, 5.41) is 5.89. The number of amides is 2. The Balaban J connectivity index is 1.88. The highest BCUT2D eigenvalue weighted by molar-refractivity contribution is 6.44. The number of rotatable bonds is 4. The molecular formula is C18H18N4O2. The van der Waals surface area contributed by atoms with Crippen LogP contribution in [0.2, 0.25) is 0 Å². The summed E-state index contributed by atoms with van der Waals surface area (Å²) in [6.07, 6.45) is 0.195. The van der Waals surface area contributed by atoms with Gasteiger partial charge in [0.25, 0.3) is 5.91 Å². The van der Waals surface area contributed by atoms with E-state index in [1.165, 1.54) is 9.91 Å². The number of para-hydroxylation sites is 2. The molecule has 1 atom stereocenters. The maximum absolute atomic E-state index is 12.7. The van der Waals surface area contributed by atoms with Crippen molar-refractivity contribution in [3.8, 4) is 0 Å². The summed E-state index contributed by atoms with van der Waals surface area (Å²) in [6.45, 7) is 0. The normalized spacial score (nSPS) is 16.6. The molecule has 0 saturated heterocycles. The van der Waals surface area contributed by atoms with Crippen LogP contribution < -0.4 is 15.6 Å². The van der Waals surface area contributed by atoms with E-state index in [2.05, 4.69) is 5.10 Å². The maximum atomic E-state index is 12.7. The molecule has 1 aliphatic rings. The second-order valence-electron chi connectivity index (χ2n) is 5.55. The molecule has 0 bridgehead atoms. The van der Waals surface area contributed by atoms with E-state index in [1.807, 2.05) is 60.7 Å². The summed E-state index contributed by atoms with van der Waals surface area (Å²) in [5.74, 6) is -0.751. The monoisotopic (exact) mass is 322 g/mol. The van der Waals surface area contributed by atoms with Gasteiger partial charge in [-0.3, -0.25) is 14.6 Å². The molecule has 0 radical (unpaired) electrons. The zero-order valence-electron chi connectivity index (χ0n) is 13.3. The topological polar surface area (TPSA) is 79.0 Å². The van der Waals surface area contributed by atoms with E-state index in [1.54, 1.807) is 7.05 Å². The zero-order valence-corrected chi connectivity index (χ0v) is 13.3. The molecular weight excluding hydrogens is 304 g/mol. The fourth-order valence-corrected chi connectivity index (χ4v) is 2.64. The minimum atomic E-state index is -0.657. The average Bonchev–Trinajstić information content (AvgIpc) is 3.07. The van der Waals surface area contributed by atoms with Crippen LogP contribution in [0.5, 0.6) is 0 Å². The minimum Gasteiger partial charge on any atom is -0.368 e. The van der Waals surface area contributed by atoms with Gasteiger partial charge in [0, 0.05) is 19.2 Å². The van der Waals surface area contributed by atoms with Crippen molar-refractivity contribution in [3.63, 3.8) is 0 Å². The Morgan fingerprint density at radius 2 is 1.67 bits per heavy atom. The highest BCUT2D eigenvalue weighted by Crippen LogP contribution is 2.25. The summed E-state index contributed by atoms with van der Waals surface area (Å²) in [5.41, 5.74) is 7.30. The van der Waals surface area contributed by atoms with Gasteiger partial charge in [0.1, 0.15) is 11.8 Å². The van der Waals surface area contributed by atoms with Gasteiger partial charge in [0.2, 0.25) is 5.91 Å². The van der Waals surface area contributed by atoms with Gasteiger partial charge in [-0.25, -0.2) is 0 Å². The molecule has 0 fully saturated rings. The number of nitrogens with zero attached hydrogens (tertiary/aromatic N) is 3. The van der Waals surface area contributed by atoms with Crippen molar-refractivity contribution in [3.05, 3.63) is 60.7 Å². The number of hydrogen-bond donors (Lipinski definition) is 1. The van der Waals surface area contributed by atoms with Gasteiger partial charge in [0.05, 0.1) is 5.69 Å². The van der Waals surface area contributed by atoms with Gasteiger partial charge >= 0.3 is 0 Å². The van der Waals surface area contributed by atoms with Crippen LogP contribution in [0.4, 0.5) is 11.4 Å². The molecule has 1 heterocycles. The fraction of sp³-hybridized carbons (Fsp3) is 0.167. The van der Waals surface area contributed by atoms with Crippen LogP contribution in [0.25, 0.3) is 0 Å². The van der Waals surface area contributed by atoms with E-state index in [4.69, 9.17) is 5.73 Å². The van der Waals surface area contributed by atoms with E-state index in [-0.39, 0.29) is 12.3 Å². The number of carbonyl (C=O) groups excluding carboxylic acids is 2. The quantitative estimate of drug-likeness (QED) is 0.931. The molecule has 0 aromatic heterocycles. The Morgan fingerprint density at radius 1 is 1.08 bits per heavy atom. The molecule has 1 aliphatic heterocycles. The Hall–Kier alpha value is -3.15. The third-order valence-electron chi connectivity index (χ3n) is 3.95. The predicted octanol–water partition coefficient (Wildman–Crippen LogP) is 1.77.